The van der Waals surface area contributed by atoms with E-state index in [4.69, 9.17) is 16.0 Å². The molecule has 1 heterocycles. The van der Waals surface area contributed by atoms with E-state index in [1.165, 1.54) is 23.1 Å². The number of furan rings is 1. The monoisotopic (exact) mass is 308 g/mol. The molecular weight excluding hydrogens is 296 g/mol. The Labute approximate surface area is 126 Å². The summed E-state index contributed by atoms with van der Waals surface area (Å²) in [5.41, 5.74) is -0.193. The highest BCUT2D eigenvalue weighted by Gasteiger charge is 2.22. The molecule has 1 aromatic carbocycles. The van der Waals surface area contributed by atoms with Gasteiger partial charge in [0.2, 0.25) is 0 Å². The Hall–Kier alpha value is -2.34. The van der Waals surface area contributed by atoms with Crippen molar-refractivity contribution in [1.29, 1.82) is 0 Å². The molecule has 7 heteroatoms. The predicted octanol–water partition coefficient (Wildman–Crippen LogP) is 3.42. The third kappa shape index (κ3) is 3.22. The molecule has 0 radical (unpaired) electrons. The highest BCUT2D eigenvalue weighted by Crippen LogP contribution is 2.28. The Morgan fingerprint density at radius 1 is 1.38 bits per heavy atom. The van der Waals surface area contributed by atoms with Gasteiger partial charge in [-0.25, -0.2) is 0 Å². The number of nitro benzene ring substituents is 1. The van der Waals surface area contributed by atoms with Gasteiger partial charge in [-0.05, 0) is 25.1 Å². The van der Waals surface area contributed by atoms with Crippen LogP contribution in [-0.4, -0.2) is 22.8 Å². The number of aryl methyl sites for hydroxylation is 1. The minimum absolute atomic E-state index is 0.0941. The molecule has 6 nitrogen and oxygen atoms in total. The van der Waals surface area contributed by atoms with Crippen molar-refractivity contribution in [1.82, 2.24) is 4.90 Å². The highest BCUT2D eigenvalue weighted by molar-refractivity contribution is 6.35. The number of amides is 1. The number of hydrogen-bond acceptors (Lipinski definition) is 4. The number of rotatable bonds is 4. The first kappa shape index (κ1) is 15.1. The van der Waals surface area contributed by atoms with Crippen molar-refractivity contribution in [3.05, 3.63) is 62.6 Å². The fraction of sp³-hybridized carbons (Fsp3) is 0.214. The minimum atomic E-state index is -0.616. The molecule has 0 aliphatic heterocycles. The molecule has 0 spiro atoms. The SMILES string of the molecule is Cc1ccc(CN(C)C(=O)c2cccc([N+](=O)[O-])c2Cl)o1. The molecule has 2 aromatic rings. The lowest BCUT2D eigenvalue weighted by Crippen LogP contribution is -2.26. The maximum absolute atomic E-state index is 12.3. The van der Waals surface area contributed by atoms with Crippen LogP contribution < -0.4 is 0 Å². The summed E-state index contributed by atoms with van der Waals surface area (Å²) in [5.74, 6) is 0.974. The Bertz CT molecular complexity index is 696. The second-order valence-corrected chi connectivity index (χ2v) is 4.95. The number of carbonyl (C=O) groups is 1. The first-order chi connectivity index (χ1) is 9.90. The van der Waals surface area contributed by atoms with Crippen LogP contribution in [0.3, 0.4) is 0 Å². The molecule has 1 amide bonds. The molecule has 2 rings (SSSR count). The van der Waals surface area contributed by atoms with Gasteiger partial charge in [0.05, 0.1) is 17.0 Å². The molecular formula is C14H13ClN2O4. The van der Waals surface area contributed by atoms with E-state index in [-0.39, 0.29) is 22.8 Å². The zero-order valence-electron chi connectivity index (χ0n) is 11.5. The summed E-state index contributed by atoms with van der Waals surface area (Å²) in [6.45, 7) is 2.06. The Morgan fingerprint density at radius 2 is 2.10 bits per heavy atom. The van der Waals surface area contributed by atoms with Gasteiger partial charge < -0.3 is 9.32 Å². The minimum Gasteiger partial charge on any atom is -0.464 e. The molecule has 0 aliphatic rings. The first-order valence-corrected chi connectivity index (χ1v) is 6.51. The van der Waals surface area contributed by atoms with Gasteiger partial charge in [-0.3, -0.25) is 14.9 Å². The van der Waals surface area contributed by atoms with Crippen molar-refractivity contribution in [2.45, 2.75) is 13.5 Å². The quantitative estimate of drug-likeness (QED) is 0.640. The van der Waals surface area contributed by atoms with E-state index in [0.717, 1.165) is 5.76 Å². The number of nitrogens with zero attached hydrogens (tertiary/aromatic N) is 2. The van der Waals surface area contributed by atoms with E-state index >= 15 is 0 Å². The summed E-state index contributed by atoms with van der Waals surface area (Å²) in [4.78, 5) is 23.9. The summed E-state index contributed by atoms with van der Waals surface area (Å²) in [6, 6.07) is 7.72. The predicted molar refractivity (Wildman–Crippen MR) is 77.3 cm³/mol. The van der Waals surface area contributed by atoms with Gasteiger partial charge in [-0.2, -0.15) is 0 Å². The lowest BCUT2D eigenvalue weighted by atomic mass is 10.1. The fourth-order valence-corrected chi connectivity index (χ4v) is 2.18. The van der Waals surface area contributed by atoms with Crippen molar-refractivity contribution in [2.75, 3.05) is 7.05 Å². The molecule has 0 fully saturated rings. The summed E-state index contributed by atoms with van der Waals surface area (Å²) in [6.07, 6.45) is 0. The molecule has 0 N–H and O–H groups in total. The maximum atomic E-state index is 12.3. The maximum Gasteiger partial charge on any atom is 0.288 e. The molecule has 21 heavy (non-hydrogen) atoms. The smallest absolute Gasteiger partial charge is 0.288 e. The number of benzene rings is 1. The molecule has 0 saturated carbocycles. The Kier molecular flexibility index (Phi) is 4.28. The van der Waals surface area contributed by atoms with Gasteiger partial charge in [-0.1, -0.05) is 17.7 Å². The first-order valence-electron chi connectivity index (χ1n) is 6.14. The zero-order chi connectivity index (χ0) is 15.6. The van der Waals surface area contributed by atoms with Crippen molar-refractivity contribution >= 4 is 23.2 Å². The van der Waals surface area contributed by atoms with E-state index in [0.29, 0.717) is 5.76 Å². The van der Waals surface area contributed by atoms with Crippen LogP contribution in [0.1, 0.15) is 21.9 Å². The van der Waals surface area contributed by atoms with Crippen molar-refractivity contribution in [3.8, 4) is 0 Å². The van der Waals surface area contributed by atoms with Crippen molar-refractivity contribution in [3.63, 3.8) is 0 Å². The number of hydrogen-bond donors (Lipinski definition) is 0. The molecule has 0 aliphatic carbocycles. The fourth-order valence-electron chi connectivity index (χ4n) is 1.91. The van der Waals surface area contributed by atoms with Crippen LogP contribution in [0.4, 0.5) is 5.69 Å². The largest absolute Gasteiger partial charge is 0.464 e. The molecule has 0 saturated heterocycles. The topological polar surface area (TPSA) is 76.6 Å². The summed E-state index contributed by atoms with van der Waals surface area (Å²) < 4.78 is 5.40. The molecule has 0 atom stereocenters. The van der Waals surface area contributed by atoms with Crippen LogP contribution in [0.2, 0.25) is 5.02 Å². The van der Waals surface area contributed by atoms with Gasteiger partial charge in [0.1, 0.15) is 16.5 Å². The Morgan fingerprint density at radius 3 is 2.67 bits per heavy atom. The van der Waals surface area contributed by atoms with Gasteiger partial charge in [0, 0.05) is 13.1 Å². The van der Waals surface area contributed by atoms with Crippen LogP contribution in [0.15, 0.2) is 34.7 Å². The summed E-state index contributed by atoms with van der Waals surface area (Å²) in [5, 5.41) is 10.7. The zero-order valence-corrected chi connectivity index (χ0v) is 12.3. The average Bonchev–Trinajstić information content (AvgIpc) is 2.83. The lowest BCUT2D eigenvalue weighted by molar-refractivity contribution is -0.384. The second kappa shape index (κ2) is 5.97. The van der Waals surface area contributed by atoms with Crippen molar-refractivity contribution < 1.29 is 14.1 Å². The molecule has 0 unspecified atom stereocenters. The number of halogens is 1. The standard InChI is InChI=1S/C14H13ClN2O4/c1-9-6-7-10(21-9)8-16(2)14(18)11-4-3-5-12(13(11)15)17(19)20/h3-7H,8H2,1-2H3. The lowest BCUT2D eigenvalue weighted by Gasteiger charge is -2.16. The van der Waals surface area contributed by atoms with Gasteiger partial charge in [0.15, 0.2) is 0 Å². The van der Waals surface area contributed by atoms with E-state index in [9.17, 15) is 14.9 Å². The highest BCUT2D eigenvalue weighted by atomic mass is 35.5. The van der Waals surface area contributed by atoms with Crippen molar-refractivity contribution in [2.24, 2.45) is 0 Å². The van der Waals surface area contributed by atoms with Crippen LogP contribution in [-0.2, 0) is 6.54 Å². The normalized spacial score (nSPS) is 10.4. The number of carbonyl (C=O) groups excluding carboxylic acids is 1. The molecule has 1 aromatic heterocycles. The summed E-state index contributed by atoms with van der Waals surface area (Å²) >= 11 is 5.94. The van der Waals surface area contributed by atoms with E-state index in [1.54, 1.807) is 19.2 Å². The third-order valence-corrected chi connectivity index (χ3v) is 3.34. The second-order valence-electron chi connectivity index (χ2n) is 4.57. The molecule has 0 bridgehead atoms. The number of nitro groups is 1. The van der Waals surface area contributed by atoms with Crippen LogP contribution in [0, 0.1) is 17.0 Å². The molecule has 110 valence electrons. The summed E-state index contributed by atoms with van der Waals surface area (Å²) in [7, 11) is 1.58. The van der Waals surface area contributed by atoms with Gasteiger partial charge in [0.25, 0.3) is 11.6 Å². The average molecular weight is 309 g/mol. The Balaban J connectivity index is 2.23. The van der Waals surface area contributed by atoms with E-state index in [2.05, 4.69) is 0 Å². The van der Waals surface area contributed by atoms with E-state index in [1.807, 2.05) is 6.92 Å². The third-order valence-electron chi connectivity index (χ3n) is 2.94. The van der Waals surface area contributed by atoms with Gasteiger partial charge in [-0.15, -0.1) is 0 Å². The van der Waals surface area contributed by atoms with Crippen LogP contribution in [0.25, 0.3) is 0 Å². The van der Waals surface area contributed by atoms with Gasteiger partial charge >= 0.3 is 0 Å². The van der Waals surface area contributed by atoms with Crippen LogP contribution >= 0.6 is 11.6 Å². The van der Waals surface area contributed by atoms with E-state index < -0.39 is 10.8 Å². The van der Waals surface area contributed by atoms with Crippen LogP contribution in [0.5, 0.6) is 0 Å².